The summed E-state index contributed by atoms with van der Waals surface area (Å²) in [5.74, 6) is -0.694. The van der Waals surface area contributed by atoms with Crippen molar-refractivity contribution in [3.05, 3.63) is 76.7 Å². The smallest absolute Gasteiger partial charge is 0.344 e. The van der Waals surface area contributed by atoms with Crippen LogP contribution in [-0.2, 0) is 6.42 Å². The number of ether oxygens (including phenoxy) is 1. The molecule has 0 radical (unpaired) electrons. The van der Waals surface area contributed by atoms with Crippen molar-refractivity contribution in [2.45, 2.75) is 13.3 Å². The molecule has 0 aliphatic heterocycles. The van der Waals surface area contributed by atoms with E-state index in [4.69, 9.17) is 16.3 Å². The molecule has 0 spiro atoms. The van der Waals surface area contributed by atoms with E-state index in [1.54, 1.807) is 42.5 Å². The van der Waals surface area contributed by atoms with Crippen LogP contribution in [0.15, 0.2) is 54.6 Å². The van der Waals surface area contributed by atoms with Crippen molar-refractivity contribution in [2.24, 2.45) is 0 Å². The van der Waals surface area contributed by atoms with E-state index in [0.717, 1.165) is 5.69 Å². The maximum absolute atomic E-state index is 13.5. The highest BCUT2D eigenvalue weighted by Gasteiger charge is 2.16. The average Bonchev–Trinajstić information content (AvgIpc) is 2.98. The van der Waals surface area contributed by atoms with Crippen LogP contribution in [0.25, 0.3) is 5.69 Å². The van der Waals surface area contributed by atoms with Crippen LogP contribution in [0, 0.1) is 5.82 Å². The SMILES string of the molecule is CCc1cc(OC(=O)c2ccc(Cl)cc2)n(-c2cccc(F)c2)n1. The second-order valence-electron chi connectivity index (χ2n) is 5.12. The minimum atomic E-state index is -0.535. The van der Waals surface area contributed by atoms with E-state index in [2.05, 4.69) is 5.10 Å². The van der Waals surface area contributed by atoms with Crippen molar-refractivity contribution in [2.75, 3.05) is 0 Å². The van der Waals surface area contributed by atoms with Gasteiger partial charge in [0.1, 0.15) is 5.82 Å². The van der Waals surface area contributed by atoms with Gasteiger partial charge in [0.2, 0.25) is 5.88 Å². The third-order valence-electron chi connectivity index (χ3n) is 3.42. The van der Waals surface area contributed by atoms with E-state index in [-0.39, 0.29) is 5.88 Å². The zero-order valence-corrected chi connectivity index (χ0v) is 13.6. The van der Waals surface area contributed by atoms with Crippen LogP contribution in [0.1, 0.15) is 23.0 Å². The van der Waals surface area contributed by atoms with Gasteiger partial charge in [0.15, 0.2) is 0 Å². The molecule has 0 saturated carbocycles. The lowest BCUT2D eigenvalue weighted by Crippen LogP contribution is -2.11. The van der Waals surface area contributed by atoms with Gasteiger partial charge in [0, 0.05) is 11.1 Å². The van der Waals surface area contributed by atoms with Crippen LogP contribution in [0.5, 0.6) is 5.88 Å². The lowest BCUT2D eigenvalue weighted by atomic mass is 10.2. The number of hydrogen-bond acceptors (Lipinski definition) is 3. The fourth-order valence-corrected chi connectivity index (χ4v) is 2.31. The summed E-state index contributed by atoms with van der Waals surface area (Å²) in [4.78, 5) is 12.3. The molecule has 0 amide bonds. The normalized spacial score (nSPS) is 10.6. The Hall–Kier alpha value is -2.66. The number of carbonyl (C=O) groups excluding carboxylic acids is 1. The number of halogens is 2. The fourth-order valence-electron chi connectivity index (χ4n) is 2.19. The summed E-state index contributed by atoms with van der Waals surface area (Å²) < 4.78 is 20.3. The van der Waals surface area contributed by atoms with Crippen molar-refractivity contribution in [3.8, 4) is 11.6 Å². The van der Waals surface area contributed by atoms with Gasteiger partial charge in [-0.25, -0.2) is 13.9 Å². The number of carbonyl (C=O) groups is 1. The molecule has 1 heterocycles. The third-order valence-corrected chi connectivity index (χ3v) is 3.67. The molecule has 122 valence electrons. The van der Waals surface area contributed by atoms with Gasteiger partial charge in [-0.1, -0.05) is 24.6 Å². The summed E-state index contributed by atoms with van der Waals surface area (Å²) in [7, 11) is 0. The zero-order valence-electron chi connectivity index (χ0n) is 12.9. The Bertz CT molecular complexity index is 875. The number of benzene rings is 2. The predicted molar refractivity (Wildman–Crippen MR) is 89.3 cm³/mol. The van der Waals surface area contributed by atoms with Crippen LogP contribution < -0.4 is 4.74 Å². The second-order valence-corrected chi connectivity index (χ2v) is 5.55. The van der Waals surface area contributed by atoms with Gasteiger partial charge in [0.05, 0.1) is 16.9 Å². The first kappa shape index (κ1) is 16.2. The number of nitrogens with zero attached hydrogens (tertiary/aromatic N) is 2. The first-order valence-corrected chi connectivity index (χ1v) is 7.77. The van der Waals surface area contributed by atoms with Crippen LogP contribution >= 0.6 is 11.6 Å². The van der Waals surface area contributed by atoms with E-state index >= 15 is 0 Å². The number of rotatable bonds is 4. The summed E-state index contributed by atoms with van der Waals surface area (Å²) in [6, 6.07) is 14.0. The van der Waals surface area contributed by atoms with Gasteiger partial charge in [-0.05, 0) is 48.9 Å². The van der Waals surface area contributed by atoms with E-state index < -0.39 is 11.8 Å². The van der Waals surface area contributed by atoms with Crippen molar-refractivity contribution in [1.82, 2.24) is 9.78 Å². The van der Waals surface area contributed by atoms with E-state index in [9.17, 15) is 9.18 Å². The minimum absolute atomic E-state index is 0.234. The predicted octanol–water partition coefficient (Wildman–Crippen LogP) is 4.45. The summed E-state index contributed by atoms with van der Waals surface area (Å²) in [6.45, 7) is 1.93. The average molecular weight is 345 g/mol. The molecule has 1 aromatic heterocycles. The second kappa shape index (κ2) is 6.84. The largest absolute Gasteiger partial charge is 0.404 e. The maximum Gasteiger partial charge on any atom is 0.344 e. The molecule has 3 aromatic rings. The number of aryl methyl sites for hydroxylation is 1. The summed E-state index contributed by atoms with van der Waals surface area (Å²) >= 11 is 5.82. The van der Waals surface area contributed by atoms with E-state index in [1.165, 1.54) is 16.8 Å². The topological polar surface area (TPSA) is 44.1 Å². The molecule has 4 nitrogen and oxygen atoms in total. The van der Waals surface area contributed by atoms with Crippen LogP contribution in [0.3, 0.4) is 0 Å². The summed E-state index contributed by atoms with van der Waals surface area (Å²) in [5.41, 5.74) is 1.58. The van der Waals surface area contributed by atoms with Crippen molar-refractivity contribution in [3.63, 3.8) is 0 Å². The molecule has 6 heteroatoms. The standard InChI is InChI=1S/C18H14ClFN2O2/c1-2-15-11-17(22(21-15)16-5-3-4-14(20)10-16)24-18(23)12-6-8-13(19)9-7-12/h3-11H,2H2,1H3. The Labute approximate surface area is 143 Å². The molecule has 0 aliphatic rings. The van der Waals surface area contributed by atoms with Gasteiger partial charge in [0.25, 0.3) is 0 Å². The van der Waals surface area contributed by atoms with E-state index in [0.29, 0.717) is 22.7 Å². The molecule has 0 bridgehead atoms. The maximum atomic E-state index is 13.5. The van der Waals surface area contributed by atoms with Crippen molar-refractivity contribution < 1.29 is 13.9 Å². The highest BCUT2D eigenvalue weighted by Crippen LogP contribution is 2.22. The van der Waals surface area contributed by atoms with Crippen LogP contribution in [-0.4, -0.2) is 15.7 Å². The molecule has 0 atom stereocenters. The Morgan fingerprint density at radius 2 is 1.96 bits per heavy atom. The first-order valence-electron chi connectivity index (χ1n) is 7.39. The summed E-state index contributed by atoms with van der Waals surface area (Å²) in [5, 5.41) is 4.88. The van der Waals surface area contributed by atoms with Gasteiger partial charge in [-0.15, -0.1) is 0 Å². The Balaban J connectivity index is 1.94. The van der Waals surface area contributed by atoms with Crippen molar-refractivity contribution in [1.29, 1.82) is 0 Å². The van der Waals surface area contributed by atoms with E-state index in [1.807, 2.05) is 6.92 Å². The van der Waals surface area contributed by atoms with Gasteiger partial charge in [-0.3, -0.25) is 0 Å². The highest BCUT2D eigenvalue weighted by atomic mass is 35.5. The molecule has 0 N–H and O–H groups in total. The number of hydrogen-bond donors (Lipinski definition) is 0. The van der Waals surface area contributed by atoms with Crippen LogP contribution in [0.2, 0.25) is 5.02 Å². The quantitative estimate of drug-likeness (QED) is 0.657. The highest BCUT2D eigenvalue weighted by molar-refractivity contribution is 6.30. The molecular formula is C18H14ClFN2O2. The molecular weight excluding hydrogens is 331 g/mol. The monoisotopic (exact) mass is 344 g/mol. The van der Waals surface area contributed by atoms with Gasteiger partial charge in [-0.2, -0.15) is 5.10 Å². The fraction of sp³-hybridized carbons (Fsp3) is 0.111. The molecule has 0 saturated heterocycles. The summed E-state index contributed by atoms with van der Waals surface area (Å²) in [6.07, 6.45) is 0.661. The van der Waals surface area contributed by atoms with Gasteiger partial charge >= 0.3 is 5.97 Å². The Kier molecular flexibility index (Phi) is 4.62. The first-order chi connectivity index (χ1) is 11.6. The van der Waals surface area contributed by atoms with Crippen molar-refractivity contribution >= 4 is 17.6 Å². The third kappa shape index (κ3) is 3.46. The Morgan fingerprint density at radius 3 is 2.62 bits per heavy atom. The minimum Gasteiger partial charge on any atom is -0.404 e. The molecule has 2 aromatic carbocycles. The van der Waals surface area contributed by atoms with Gasteiger partial charge < -0.3 is 4.74 Å². The number of esters is 1. The lowest BCUT2D eigenvalue weighted by molar-refractivity contribution is 0.0723. The molecule has 0 fully saturated rings. The molecule has 3 rings (SSSR count). The molecule has 0 aliphatic carbocycles. The Morgan fingerprint density at radius 1 is 1.21 bits per heavy atom. The number of aromatic nitrogens is 2. The molecule has 24 heavy (non-hydrogen) atoms. The zero-order chi connectivity index (χ0) is 17.1. The van der Waals surface area contributed by atoms with Crippen LogP contribution in [0.4, 0.5) is 4.39 Å². The molecule has 0 unspecified atom stereocenters. The lowest BCUT2D eigenvalue weighted by Gasteiger charge is -2.08.